The molecule has 0 unspecified atom stereocenters. The lowest BCUT2D eigenvalue weighted by molar-refractivity contribution is -0.120. The van der Waals surface area contributed by atoms with Gasteiger partial charge in [0.2, 0.25) is 0 Å². The molecule has 5 nitrogen and oxygen atoms in total. The molecule has 1 aliphatic rings. The molecule has 0 aromatic heterocycles. The van der Waals surface area contributed by atoms with Gasteiger partial charge in [0.05, 0.1) is 0 Å². The third kappa shape index (κ3) is 3.35. The van der Waals surface area contributed by atoms with Crippen LogP contribution in [0.25, 0.3) is 0 Å². The zero-order valence-corrected chi connectivity index (χ0v) is 12.2. The predicted octanol–water partition coefficient (Wildman–Crippen LogP) is 1.85. The van der Waals surface area contributed by atoms with Crippen molar-refractivity contribution >= 4 is 40.8 Å². The summed E-state index contributed by atoms with van der Waals surface area (Å²) in [5.74, 6) is 0.636. The van der Waals surface area contributed by atoms with E-state index >= 15 is 0 Å². The minimum atomic E-state index is -0.642. The number of alkyl halides is 2. The number of amides is 3. The quantitative estimate of drug-likeness (QED) is 0.622. The highest BCUT2D eigenvalue weighted by atomic mass is 35.5. The minimum absolute atomic E-state index is 0.339. The molecular weight excluding hydrogens is 301 g/mol. The molecule has 0 saturated carbocycles. The Kier molecular flexibility index (Phi) is 5.09. The third-order valence-corrected chi connectivity index (χ3v) is 3.39. The molecule has 1 aromatic rings. The largest absolute Gasteiger partial charge is 0.369 e. The van der Waals surface area contributed by atoms with Gasteiger partial charge in [0.15, 0.2) is 0 Å². The van der Waals surface area contributed by atoms with Gasteiger partial charge in [-0.05, 0) is 17.7 Å². The van der Waals surface area contributed by atoms with Crippen LogP contribution in [0.5, 0.6) is 0 Å². The fourth-order valence-electron chi connectivity index (χ4n) is 2.13. The molecule has 1 heterocycles. The summed E-state index contributed by atoms with van der Waals surface area (Å²) in [5.41, 5.74) is 1.66. The maximum absolute atomic E-state index is 11.7. The summed E-state index contributed by atoms with van der Waals surface area (Å²) in [6.07, 6.45) is 0. The fraction of sp³-hybridized carbons (Fsp3) is 0.385. The van der Waals surface area contributed by atoms with Crippen LogP contribution >= 0.6 is 23.2 Å². The van der Waals surface area contributed by atoms with Gasteiger partial charge in [-0.2, -0.15) is 0 Å². The molecule has 0 radical (unpaired) electrons. The number of nitrogens with one attached hydrogen (secondary N) is 2. The van der Waals surface area contributed by atoms with Crippen molar-refractivity contribution < 1.29 is 9.59 Å². The van der Waals surface area contributed by atoms with E-state index in [2.05, 4.69) is 10.6 Å². The molecular formula is C13H15Cl2N3O2. The van der Waals surface area contributed by atoms with E-state index < -0.39 is 12.1 Å². The highest BCUT2D eigenvalue weighted by molar-refractivity contribution is 6.18. The van der Waals surface area contributed by atoms with Gasteiger partial charge in [-0.3, -0.25) is 10.1 Å². The number of benzene rings is 1. The first kappa shape index (κ1) is 14.9. The van der Waals surface area contributed by atoms with Crippen molar-refractivity contribution in [2.75, 3.05) is 29.7 Å². The van der Waals surface area contributed by atoms with Crippen LogP contribution in [-0.4, -0.2) is 36.8 Å². The van der Waals surface area contributed by atoms with Gasteiger partial charge in [-0.15, -0.1) is 23.2 Å². The van der Waals surface area contributed by atoms with Gasteiger partial charge in [0.25, 0.3) is 5.91 Å². The van der Waals surface area contributed by atoms with Crippen LogP contribution in [0, 0.1) is 0 Å². The van der Waals surface area contributed by atoms with Crippen LogP contribution in [0.15, 0.2) is 24.3 Å². The predicted molar refractivity (Wildman–Crippen MR) is 79.5 cm³/mol. The summed E-state index contributed by atoms with van der Waals surface area (Å²) in [6.45, 7) is 1.34. The number of carbonyl (C=O) groups is 2. The molecule has 0 bridgehead atoms. The Morgan fingerprint density at radius 3 is 2.40 bits per heavy atom. The second-order valence-electron chi connectivity index (χ2n) is 4.36. The van der Waals surface area contributed by atoms with Crippen molar-refractivity contribution in [1.82, 2.24) is 10.6 Å². The number of carbonyl (C=O) groups excluding carboxylic acids is 2. The van der Waals surface area contributed by atoms with E-state index in [0.29, 0.717) is 24.8 Å². The first-order valence-corrected chi connectivity index (χ1v) is 7.31. The van der Waals surface area contributed by atoms with Crippen LogP contribution < -0.4 is 15.5 Å². The van der Waals surface area contributed by atoms with E-state index in [1.54, 1.807) is 6.07 Å². The molecule has 1 aromatic carbocycles. The molecule has 7 heteroatoms. The number of rotatable bonds is 6. The zero-order chi connectivity index (χ0) is 14.5. The molecule has 0 spiro atoms. The van der Waals surface area contributed by atoms with Gasteiger partial charge in [-0.1, -0.05) is 12.1 Å². The lowest BCUT2D eigenvalue weighted by Gasteiger charge is -2.23. The van der Waals surface area contributed by atoms with Gasteiger partial charge in [0.1, 0.15) is 6.04 Å². The number of anilines is 1. The maximum atomic E-state index is 11.7. The standard InChI is InChI=1S/C13H15Cl2N3O2/c14-4-6-18(7-5-15)10-3-1-2-9(8-10)11-12(19)17-13(20)16-11/h1-3,8,11H,4-7H2,(H2,16,17,19,20)/t11-/m1/s1. The number of urea groups is 1. The van der Waals surface area contributed by atoms with E-state index in [9.17, 15) is 9.59 Å². The lowest BCUT2D eigenvalue weighted by atomic mass is 10.1. The smallest absolute Gasteiger partial charge is 0.322 e. The summed E-state index contributed by atoms with van der Waals surface area (Å²) in [7, 11) is 0. The maximum Gasteiger partial charge on any atom is 0.322 e. The first-order valence-electron chi connectivity index (χ1n) is 6.24. The number of hydrogen-bond acceptors (Lipinski definition) is 3. The Bertz CT molecular complexity index is 504. The summed E-state index contributed by atoms with van der Waals surface area (Å²) < 4.78 is 0. The number of nitrogens with zero attached hydrogens (tertiary/aromatic N) is 1. The number of imide groups is 1. The van der Waals surface area contributed by atoms with Crippen LogP contribution in [-0.2, 0) is 4.79 Å². The molecule has 1 fully saturated rings. The van der Waals surface area contributed by atoms with Crippen LogP contribution in [0.1, 0.15) is 11.6 Å². The van der Waals surface area contributed by atoms with Crippen LogP contribution in [0.2, 0.25) is 0 Å². The van der Waals surface area contributed by atoms with Gasteiger partial charge in [0, 0.05) is 30.5 Å². The molecule has 1 atom stereocenters. The summed E-state index contributed by atoms with van der Waals surface area (Å²) in [5, 5.41) is 4.80. The number of hydrogen-bond donors (Lipinski definition) is 2. The second kappa shape index (κ2) is 6.81. The molecule has 2 rings (SSSR count). The molecule has 3 amide bonds. The summed E-state index contributed by atoms with van der Waals surface area (Å²) in [6, 6.07) is 6.34. The fourth-order valence-corrected chi connectivity index (χ4v) is 2.53. The molecule has 20 heavy (non-hydrogen) atoms. The Labute approximate surface area is 127 Å². The molecule has 1 aliphatic heterocycles. The Morgan fingerprint density at radius 2 is 1.85 bits per heavy atom. The Morgan fingerprint density at radius 1 is 1.15 bits per heavy atom. The summed E-state index contributed by atoms with van der Waals surface area (Å²) >= 11 is 11.6. The van der Waals surface area contributed by atoms with Crippen molar-refractivity contribution in [2.45, 2.75) is 6.04 Å². The van der Waals surface area contributed by atoms with Gasteiger partial charge < -0.3 is 10.2 Å². The van der Waals surface area contributed by atoms with E-state index in [4.69, 9.17) is 23.2 Å². The zero-order valence-electron chi connectivity index (χ0n) is 10.7. The molecule has 0 aliphatic carbocycles. The first-order chi connectivity index (χ1) is 9.65. The third-order valence-electron chi connectivity index (χ3n) is 3.05. The van der Waals surface area contributed by atoms with Crippen molar-refractivity contribution in [1.29, 1.82) is 0 Å². The van der Waals surface area contributed by atoms with Crippen molar-refractivity contribution in [3.05, 3.63) is 29.8 Å². The second-order valence-corrected chi connectivity index (χ2v) is 5.11. The summed E-state index contributed by atoms with van der Waals surface area (Å²) in [4.78, 5) is 24.9. The van der Waals surface area contributed by atoms with Gasteiger partial charge >= 0.3 is 6.03 Å². The van der Waals surface area contributed by atoms with E-state index in [0.717, 1.165) is 11.3 Å². The Balaban J connectivity index is 2.22. The monoisotopic (exact) mass is 315 g/mol. The topological polar surface area (TPSA) is 61.4 Å². The normalized spacial score (nSPS) is 17.8. The van der Waals surface area contributed by atoms with Crippen molar-refractivity contribution in [3.8, 4) is 0 Å². The molecule has 1 saturated heterocycles. The van der Waals surface area contributed by atoms with E-state index in [1.807, 2.05) is 23.1 Å². The van der Waals surface area contributed by atoms with Crippen LogP contribution in [0.3, 0.4) is 0 Å². The van der Waals surface area contributed by atoms with Crippen molar-refractivity contribution in [3.63, 3.8) is 0 Å². The molecule has 108 valence electrons. The van der Waals surface area contributed by atoms with E-state index in [1.165, 1.54) is 0 Å². The van der Waals surface area contributed by atoms with Crippen molar-refractivity contribution in [2.24, 2.45) is 0 Å². The highest BCUT2D eigenvalue weighted by Crippen LogP contribution is 2.22. The Hall–Kier alpha value is -1.46. The average molecular weight is 316 g/mol. The van der Waals surface area contributed by atoms with E-state index in [-0.39, 0.29) is 5.91 Å². The van der Waals surface area contributed by atoms with Crippen LogP contribution in [0.4, 0.5) is 10.5 Å². The average Bonchev–Trinajstić information content (AvgIpc) is 2.78. The lowest BCUT2D eigenvalue weighted by Crippen LogP contribution is -2.28. The highest BCUT2D eigenvalue weighted by Gasteiger charge is 2.30. The minimum Gasteiger partial charge on any atom is -0.369 e. The number of halogens is 2. The SMILES string of the molecule is O=C1NC(=O)[C@@H](c2cccc(N(CCCl)CCCl)c2)N1. The molecule has 2 N–H and O–H groups in total. The van der Waals surface area contributed by atoms with Gasteiger partial charge in [-0.25, -0.2) is 4.79 Å².